The van der Waals surface area contributed by atoms with Crippen molar-refractivity contribution in [2.75, 3.05) is 25.4 Å². The second-order valence-corrected chi connectivity index (χ2v) is 9.87. The molecule has 3 heterocycles. The number of thioether (sulfide) groups is 1. The van der Waals surface area contributed by atoms with Crippen LogP contribution in [0.5, 0.6) is 0 Å². The van der Waals surface area contributed by atoms with Crippen LogP contribution in [0.1, 0.15) is 41.0 Å². The van der Waals surface area contributed by atoms with Crippen LogP contribution in [0.3, 0.4) is 0 Å². The fourth-order valence-corrected chi connectivity index (χ4v) is 5.88. The highest BCUT2D eigenvalue weighted by molar-refractivity contribution is 9.10. The first kappa shape index (κ1) is 21.4. The fourth-order valence-electron chi connectivity index (χ4n) is 4.56. The maximum absolute atomic E-state index is 13.5. The lowest BCUT2D eigenvalue weighted by Crippen LogP contribution is -2.50. The summed E-state index contributed by atoms with van der Waals surface area (Å²) < 4.78 is 13.8. The Labute approximate surface area is 187 Å². The molecule has 1 atom stereocenters. The molecule has 30 heavy (non-hydrogen) atoms. The van der Waals surface area contributed by atoms with Crippen molar-refractivity contribution in [2.24, 2.45) is 0 Å². The van der Waals surface area contributed by atoms with Crippen molar-refractivity contribution in [2.45, 2.75) is 43.5 Å². The normalized spacial score (nSPS) is 21.1. The van der Waals surface area contributed by atoms with Crippen molar-refractivity contribution >= 4 is 39.5 Å². The molecule has 1 N–H and O–H groups in total. The minimum Gasteiger partial charge on any atom is -0.336 e. The lowest BCUT2D eigenvalue weighted by Gasteiger charge is -2.35. The smallest absolute Gasteiger partial charge is 0.253 e. The quantitative estimate of drug-likeness (QED) is 0.653. The Morgan fingerprint density at radius 1 is 1.30 bits per heavy atom. The molecule has 1 aromatic heterocycles. The van der Waals surface area contributed by atoms with Gasteiger partial charge in [0.25, 0.3) is 5.91 Å². The molecule has 2 amide bonds. The Hall–Kier alpha value is -1.87. The van der Waals surface area contributed by atoms with Crippen molar-refractivity contribution < 1.29 is 14.0 Å². The summed E-state index contributed by atoms with van der Waals surface area (Å²) in [6, 6.07) is 4.33. The van der Waals surface area contributed by atoms with Gasteiger partial charge in [-0.3, -0.25) is 14.7 Å². The average molecular weight is 495 g/mol. The van der Waals surface area contributed by atoms with Gasteiger partial charge in [0.1, 0.15) is 5.82 Å². The Morgan fingerprint density at radius 3 is 2.80 bits per heavy atom. The van der Waals surface area contributed by atoms with Crippen molar-refractivity contribution in [3.63, 3.8) is 0 Å². The molecule has 2 saturated heterocycles. The molecule has 2 aliphatic rings. The van der Waals surface area contributed by atoms with Crippen LogP contribution in [0.15, 0.2) is 27.6 Å². The van der Waals surface area contributed by atoms with Gasteiger partial charge in [0.05, 0.1) is 26.4 Å². The lowest BCUT2D eigenvalue weighted by molar-refractivity contribution is -0.132. The van der Waals surface area contributed by atoms with Gasteiger partial charge in [0.15, 0.2) is 0 Å². The van der Waals surface area contributed by atoms with E-state index in [1.54, 1.807) is 4.90 Å². The van der Waals surface area contributed by atoms with Crippen molar-refractivity contribution in [1.29, 1.82) is 0 Å². The number of benzene rings is 1. The summed E-state index contributed by atoms with van der Waals surface area (Å²) in [5.41, 5.74) is 2.05. The molecular weight excluding hydrogens is 471 g/mol. The highest BCUT2D eigenvalue weighted by atomic mass is 79.9. The number of amides is 2. The first-order chi connectivity index (χ1) is 14.3. The zero-order valence-electron chi connectivity index (χ0n) is 17.0. The van der Waals surface area contributed by atoms with Gasteiger partial charge >= 0.3 is 0 Å². The summed E-state index contributed by atoms with van der Waals surface area (Å²) in [6.45, 7) is 5.75. The summed E-state index contributed by atoms with van der Waals surface area (Å²) in [5, 5.41) is 7.14. The molecule has 1 aromatic carbocycles. The molecule has 2 aromatic rings. The second-order valence-electron chi connectivity index (χ2n) is 8.03. The second kappa shape index (κ2) is 8.34. The topological polar surface area (TPSA) is 69.3 Å². The number of halogens is 2. The van der Waals surface area contributed by atoms with Gasteiger partial charge in [-0.2, -0.15) is 5.10 Å². The van der Waals surface area contributed by atoms with Gasteiger partial charge in [-0.25, -0.2) is 4.39 Å². The lowest BCUT2D eigenvalue weighted by atomic mass is 9.95. The third kappa shape index (κ3) is 3.89. The minimum absolute atomic E-state index is 0.108. The van der Waals surface area contributed by atoms with E-state index in [-0.39, 0.29) is 21.8 Å². The van der Waals surface area contributed by atoms with Gasteiger partial charge in [0, 0.05) is 30.9 Å². The molecule has 0 radical (unpaired) electrons. The summed E-state index contributed by atoms with van der Waals surface area (Å²) in [6.07, 6.45) is 2.63. The highest BCUT2D eigenvalue weighted by Crippen LogP contribution is 2.39. The van der Waals surface area contributed by atoms with E-state index in [0.717, 1.165) is 42.1 Å². The molecule has 2 fully saturated rings. The van der Waals surface area contributed by atoms with Gasteiger partial charge in [0.2, 0.25) is 5.91 Å². The predicted molar refractivity (Wildman–Crippen MR) is 117 cm³/mol. The van der Waals surface area contributed by atoms with E-state index in [1.165, 1.54) is 30.0 Å². The zero-order chi connectivity index (χ0) is 21.5. The largest absolute Gasteiger partial charge is 0.336 e. The standard InChI is InChI=1S/C21H24BrFN4O2S/c1-13-19(14(2)25-24-13)30-11-18(28)27-8-3-6-21(27)7-9-26(12-21)20(29)15-4-5-17(23)16(22)10-15/h4-5,10H,3,6-9,11-12H2,1-2H3,(H,24,25). The van der Waals surface area contributed by atoms with E-state index in [0.29, 0.717) is 24.4 Å². The molecule has 6 nitrogen and oxygen atoms in total. The zero-order valence-corrected chi connectivity index (χ0v) is 19.4. The summed E-state index contributed by atoms with van der Waals surface area (Å²) in [4.78, 5) is 30.8. The summed E-state index contributed by atoms with van der Waals surface area (Å²) in [7, 11) is 0. The van der Waals surface area contributed by atoms with Gasteiger partial charge in [-0.1, -0.05) is 0 Å². The number of H-pyrrole nitrogens is 1. The highest BCUT2D eigenvalue weighted by Gasteiger charge is 2.49. The molecular formula is C21H24BrFN4O2S. The molecule has 1 spiro atoms. The van der Waals surface area contributed by atoms with Crippen molar-refractivity contribution in [3.05, 3.63) is 45.4 Å². The van der Waals surface area contributed by atoms with E-state index in [1.807, 2.05) is 18.7 Å². The molecule has 0 saturated carbocycles. The maximum atomic E-state index is 13.5. The first-order valence-electron chi connectivity index (χ1n) is 10.00. The van der Waals surface area contributed by atoms with Crippen LogP contribution >= 0.6 is 27.7 Å². The fraction of sp³-hybridized carbons (Fsp3) is 0.476. The molecule has 160 valence electrons. The van der Waals surface area contributed by atoms with Crippen molar-refractivity contribution in [3.8, 4) is 0 Å². The molecule has 2 aliphatic heterocycles. The Bertz CT molecular complexity index is 978. The number of hydrogen-bond donors (Lipinski definition) is 1. The SMILES string of the molecule is Cc1n[nH]c(C)c1SCC(=O)N1CCCC12CCN(C(=O)c1ccc(F)c(Br)c1)C2. The van der Waals surface area contributed by atoms with Crippen LogP contribution < -0.4 is 0 Å². The van der Waals surface area contributed by atoms with Crippen LogP contribution in [0.4, 0.5) is 4.39 Å². The first-order valence-corrected chi connectivity index (χ1v) is 11.8. The number of hydrogen-bond acceptors (Lipinski definition) is 4. The Balaban J connectivity index is 1.44. The summed E-state index contributed by atoms with van der Waals surface area (Å²) >= 11 is 4.67. The number of rotatable bonds is 4. The van der Waals surface area contributed by atoms with Crippen LogP contribution in [-0.2, 0) is 4.79 Å². The number of aromatic amines is 1. The molecule has 9 heteroatoms. The number of likely N-dealkylation sites (tertiary alicyclic amines) is 2. The van der Waals surface area contributed by atoms with E-state index in [4.69, 9.17) is 0 Å². The average Bonchev–Trinajstić information content (AvgIpc) is 3.42. The predicted octanol–water partition coefficient (Wildman–Crippen LogP) is 3.93. The van der Waals surface area contributed by atoms with E-state index in [9.17, 15) is 14.0 Å². The maximum Gasteiger partial charge on any atom is 0.253 e. The number of aryl methyl sites for hydroxylation is 2. The van der Waals surface area contributed by atoms with Crippen LogP contribution in [0.2, 0.25) is 0 Å². The number of carbonyl (C=O) groups excluding carboxylic acids is 2. The molecule has 0 aliphatic carbocycles. The minimum atomic E-state index is -0.391. The van der Waals surface area contributed by atoms with E-state index >= 15 is 0 Å². The van der Waals surface area contributed by atoms with Gasteiger partial charge in [-0.15, -0.1) is 11.8 Å². The van der Waals surface area contributed by atoms with Crippen LogP contribution in [-0.4, -0.2) is 62.7 Å². The number of nitrogens with zero attached hydrogens (tertiary/aromatic N) is 3. The number of nitrogens with one attached hydrogen (secondary N) is 1. The molecule has 1 unspecified atom stereocenters. The van der Waals surface area contributed by atoms with Crippen molar-refractivity contribution in [1.82, 2.24) is 20.0 Å². The monoisotopic (exact) mass is 494 g/mol. The van der Waals surface area contributed by atoms with Crippen LogP contribution in [0.25, 0.3) is 0 Å². The molecule has 4 rings (SSSR count). The van der Waals surface area contributed by atoms with Gasteiger partial charge < -0.3 is 9.80 Å². The Morgan fingerprint density at radius 2 is 2.10 bits per heavy atom. The third-order valence-electron chi connectivity index (χ3n) is 6.08. The van der Waals surface area contributed by atoms with E-state index < -0.39 is 5.82 Å². The van der Waals surface area contributed by atoms with Crippen LogP contribution in [0, 0.1) is 19.7 Å². The number of aromatic nitrogens is 2. The third-order valence-corrected chi connectivity index (χ3v) is 7.97. The van der Waals surface area contributed by atoms with E-state index in [2.05, 4.69) is 26.1 Å². The Kier molecular flexibility index (Phi) is 5.94. The summed E-state index contributed by atoms with van der Waals surface area (Å²) in [5.74, 6) is -0.0400. The van der Waals surface area contributed by atoms with Gasteiger partial charge in [-0.05, 0) is 67.2 Å². The number of carbonyl (C=O) groups is 2. The molecule has 0 bridgehead atoms.